The summed E-state index contributed by atoms with van der Waals surface area (Å²) >= 11 is 0. The van der Waals surface area contributed by atoms with Crippen LogP contribution in [0.25, 0.3) is 22.6 Å². The number of nitrogens with one attached hydrogen (secondary N) is 1. The van der Waals surface area contributed by atoms with E-state index >= 15 is 0 Å². The molecule has 0 fully saturated rings. The number of hydrogen-bond donors (Lipinski definition) is 2. The van der Waals surface area contributed by atoms with Crippen LogP contribution in [0.5, 0.6) is 0 Å². The molecule has 1 heterocycles. The van der Waals surface area contributed by atoms with E-state index in [1.807, 2.05) is 19.9 Å². The van der Waals surface area contributed by atoms with Crippen LogP contribution < -0.4 is 11.1 Å². The summed E-state index contributed by atoms with van der Waals surface area (Å²) in [6, 6.07) is 14.6. The maximum atomic E-state index is 6.21. The molecule has 3 aromatic rings. The van der Waals surface area contributed by atoms with Crippen molar-refractivity contribution in [2.24, 2.45) is 7.05 Å². The van der Waals surface area contributed by atoms with E-state index in [9.17, 15) is 0 Å². The van der Waals surface area contributed by atoms with Gasteiger partial charge in [0.25, 0.3) is 0 Å². The Balaban J connectivity index is 0.000000717. The van der Waals surface area contributed by atoms with Gasteiger partial charge in [0.2, 0.25) is 0 Å². The Kier molecular flexibility index (Phi) is 9.94. The summed E-state index contributed by atoms with van der Waals surface area (Å²) in [4.78, 5) is 0. The molecule has 0 unspecified atom stereocenters. The van der Waals surface area contributed by atoms with Crippen molar-refractivity contribution >= 4 is 33.9 Å². The zero-order valence-corrected chi connectivity index (χ0v) is 18.6. The van der Waals surface area contributed by atoms with Crippen LogP contribution in [0.2, 0.25) is 0 Å². The average molecular weight is 380 g/mol. The van der Waals surface area contributed by atoms with Gasteiger partial charge in [0.05, 0.1) is 0 Å². The molecule has 3 heteroatoms. The van der Waals surface area contributed by atoms with Crippen molar-refractivity contribution in [2.75, 3.05) is 17.6 Å². The highest BCUT2D eigenvalue weighted by Gasteiger charge is 2.08. The van der Waals surface area contributed by atoms with Crippen LogP contribution in [0.1, 0.15) is 59.1 Å². The first-order valence-electron chi connectivity index (χ1n) is 10.4. The highest BCUT2D eigenvalue weighted by Crippen LogP contribution is 2.29. The summed E-state index contributed by atoms with van der Waals surface area (Å²) in [5, 5.41) is 4.55. The fraction of sp³-hybridized carbons (Fsp3) is 0.360. The number of para-hydroxylation sites is 1. The summed E-state index contributed by atoms with van der Waals surface area (Å²) in [6.45, 7) is 13.4. The van der Waals surface area contributed by atoms with Gasteiger partial charge < -0.3 is 15.6 Å². The number of nitrogens with zero attached hydrogens (tertiary/aromatic N) is 1. The van der Waals surface area contributed by atoms with Crippen LogP contribution in [-0.4, -0.2) is 11.1 Å². The van der Waals surface area contributed by atoms with Crippen molar-refractivity contribution in [3.63, 3.8) is 0 Å². The lowest BCUT2D eigenvalue weighted by Crippen LogP contribution is -1.98. The van der Waals surface area contributed by atoms with Gasteiger partial charge in [-0.15, -0.1) is 0 Å². The average Bonchev–Trinajstić information content (AvgIpc) is 3.04. The fourth-order valence-corrected chi connectivity index (χ4v) is 2.99. The SMILES string of the molecule is CC.CCC.CCNc1ccc(/C=C(\C)c2cn(C)c3ccccc23)c(N)c1. The van der Waals surface area contributed by atoms with Crippen LogP contribution in [0.3, 0.4) is 0 Å². The molecule has 0 aliphatic carbocycles. The normalized spacial score (nSPS) is 10.6. The van der Waals surface area contributed by atoms with Crippen molar-refractivity contribution < 1.29 is 0 Å². The summed E-state index contributed by atoms with van der Waals surface area (Å²) in [7, 11) is 2.08. The lowest BCUT2D eigenvalue weighted by Gasteiger charge is -2.08. The molecular weight excluding hydrogens is 342 g/mol. The first kappa shape index (κ1) is 23.4. The minimum atomic E-state index is 0.794. The minimum Gasteiger partial charge on any atom is -0.398 e. The monoisotopic (exact) mass is 379 g/mol. The molecule has 3 rings (SSSR count). The van der Waals surface area contributed by atoms with Gasteiger partial charge in [0.1, 0.15) is 0 Å². The molecule has 0 saturated heterocycles. The zero-order chi connectivity index (χ0) is 21.1. The van der Waals surface area contributed by atoms with Gasteiger partial charge in [-0.05, 0) is 49.3 Å². The minimum absolute atomic E-state index is 0.794. The van der Waals surface area contributed by atoms with Gasteiger partial charge in [0, 0.05) is 47.6 Å². The predicted molar refractivity (Wildman–Crippen MR) is 129 cm³/mol. The van der Waals surface area contributed by atoms with Crippen molar-refractivity contribution in [1.82, 2.24) is 4.57 Å². The van der Waals surface area contributed by atoms with E-state index in [-0.39, 0.29) is 0 Å². The summed E-state index contributed by atoms with van der Waals surface area (Å²) in [5.41, 5.74) is 12.8. The Hall–Kier alpha value is -2.68. The maximum Gasteiger partial charge on any atom is 0.0484 e. The Morgan fingerprint density at radius 3 is 2.32 bits per heavy atom. The maximum absolute atomic E-state index is 6.21. The van der Waals surface area contributed by atoms with Gasteiger partial charge in [-0.2, -0.15) is 0 Å². The van der Waals surface area contributed by atoms with Crippen LogP contribution >= 0.6 is 0 Å². The van der Waals surface area contributed by atoms with E-state index in [1.165, 1.54) is 28.5 Å². The molecule has 152 valence electrons. The Bertz CT molecular complexity index is 888. The molecule has 0 amide bonds. The molecule has 0 aliphatic heterocycles. The van der Waals surface area contributed by atoms with E-state index in [0.717, 1.165) is 23.5 Å². The molecular formula is C25H37N3. The van der Waals surface area contributed by atoms with Crippen molar-refractivity contribution in [3.8, 4) is 0 Å². The van der Waals surface area contributed by atoms with Crippen LogP contribution in [0.4, 0.5) is 11.4 Å². The number of nitrogens with two attached hydrogens (primary N) is 1. The molecule has 2 aromatic carbocycles. The van der Waals surface area contributed by atoms with E-state index in [0.29, 0.717) is 0 Å². The molecule has 0 bridgehead atoms. The zero-order valence-electron chi connectivity index (χ0n) is 18.6. The molecule has 0 spiro atoms. The first-order valence-corrected chi connectivity index (χ1v) is 10.4. The smallest absolute Gasteiger partial charge is 0.0484 e. The number of hydrogen-bond acceptors (Lipinski definition) is 2. The number of benzene rings is 2. The second kappa shape index (κ2) is 11.9. The van der Waals surface area contributed by atoms with E-state index in [2.05, 4.69) is 93.3 Å². The van der Waals surface area contributed by atoms with E-state index in [4.69, 9.17) is 5.73 Å². The van der Waals surface area contributed by atoms with Crippen molar-refractivity contribution in [3.05, 3.63) is 59.8 Å². The molecule has 28 heavy (non-hydrogen) atoms. The van der Waals surface area contributed by atoms with E-state index < -0.39 is 0 Å². The Morgan fingerprint density at radius 2 is 1.71 bits per heavy atom. The second-order valence-electron chi connectivity index (χ2n) is 6.58. The third-order valence-corrected chi connectivity index (χ3v) is 4.16. The summed E-state index contributed by atoms with van der Waals surface area (Å²) in [5.74, 6) is 0. The fourth-order valence-electron chi connectivity index (χ4n) is 2.99. The number of rotatable bonds is 4. The Morgan fingerprint density at radius 1 is 1.07 bits per heavy atom. The number of anilines is 2. The predicted octanol–water partition coefficient (Wildman–Crippen LogP) is 7.20. The highest BCUT2D eigenvalue weighted by molar-refractivity contribution is 5.97. The van der Waals surface area contributed by atoms with Crippen molar-refractivity contribution in [2.45, 2.75) is 48.0 Å². The molecule has 3 N–H and O–H groups in total. The lowest BCUT2D eigenvalue weighted by molar-refractivity contribution is 0.967. The molecule has 0 saturated carbocycles. The molecule has 3 nitrogen and oxygen atoms in total. The van der Waals surface area contributed by atoms with Gasteiger partial charge in [-0.25, -0.2) is 0 Å². The molecule has 0 radical (unpaired) electrons. The molecule has 1 aromatic heterocycles. The van der Waals surface area contributed by atoms with Gasteiger partial charge in [-0.3, -0.25) is 0 Å². The highest BCUT2D eigenvalue weighted by atomic mass is 14.9. The number of allylic oxidation sites excluding steroid dienone is 1. The second-order valence-corrected chi connectivity index (χ2v) is 6.58. The standard InChI is InChI=1S/C20H23N3.C3H8.C2H6/c1-4-22-16-10-9-15(19(21)12-16)11-14(2)18-13-23(3)20-8-6-5-7-17(18)20;1-3-2;1-2/h5-13,22H,4,21H2,1-3H3;3H2,1-2H3;1-2H3/b14-11+;;. The van der Waals surface area contributed by atoms with Gasteiger partial charge in [-0.1, -0.05) is 58.4 Å². The molecule has 0 aliphatic rings. The van der Waals surface area contributed by atoms with Crippen molar-refractivity contribution in [1.29, 1.82) is 0 Å². The van der Waals surface area contributed by atoms with Crippen LogP contribution in [-0.2, 0) is 7.05 Å². The third kappa shape index (κ3) is 5.91. The number of aryl methyl sites for hydroxylation is 1. The van der Waals surface area contributed by atoms with Gasteiger partial charge >= 0.3 is 0 Å². The van der Waals surface area contributed by atoms with Gasteiger partial charge in [0.15, 0.2) is 0 Å². The number of nitrogen functional groups attached to an aromatic ring is 1. The third-order valence-electron chi connectivity index (χ3n) is 4.16. The largest absolute Gasteiger partial charge is 0.398 e. The first-order chi connectivity index (χ1) is 13.5. The lowest BCUT2D eigenvalue weighted by atomic mass is 10.0. The summed E-state index contributed by atoms with van der Waals surface area (Å²) in [6.07, 6.45) is 5.59. The van der Waals surface area contributed by atoms with Crippen LogP contribution in [0, 0.1) is 0 Å². The van der Waals surface area contributed by atoms with Crippen LogP contribution in [0.15, 0.2) is 48.7 Å². The summed E-state index contributed by atoms with van der Waals surface area (Å²) < 4.78 is 2.17. The number of aromatic nitrogens is 1. The van der Waals surface area contributed by atoms with E-state index in [1.54, 1.807) is 0 Å². The Labute approximate surface area is 171 Å². The quantitative estimate of drug-likeness (QED) is 0.471. The molecule has 0 atom stereocenters. The number of fused-ring (bicyclic) bond motifs is 1. The topological polar surface area (TPSA) is 43.0 Å².